The minimum atomic E-state index is 0.712. The highest BCUT2D eigenvalue weighted by Gasteiger charge is 2.06. The molecular weight excluding hydrogens is 228 g/mol. The second-order valence-electron chi connectivity index (χ2n) is 5.44. The minimum Gasteiger partial charge on any atom is -0.316 e. The minimum absolute atomic E-state index is 0.712. The normalized spacial score (nSPS) is 13.6. The largest absolute Gasteiger partial charge is 0.316 e. The Hall–Kier alpha value is 0.270. The van der Waals surface area contributed by atoms with E-state index < -0.39 is 0 Å². The number of nitrogens with one attached hydrogen (secondary N) is 1. The SMILES string of the molecule is CSCC(C)N(C)CCCCCNCC(C)C. The number of hydrogen-bond donors (Lipinski definition) is 1. The van der Waals surface area contributed by atoms with Gasteiger partial charge in [-0.1, -0.05) is 20.3 Å². The summed E-state index contributed by atoms with van der Waals surface area (Å²) in [5.41, 5.74) is 0. The molecule has 104 valence electrons. The van der Waals surface area contributed by atoms with E-state index in [0.29, 0.717) is 6.04 Å². The average Bonchev–Trinajstić information content (AvgIpc) is 2.27. The zero-order valence-corrected chi connectivity index (χ0v) is 13.3. The Morgan fingerprint density at radius 2 is 1.82 bits per heavy atom. The van der Waals surface area contributed by atoms with Crippen molar-refractivity contribution in [1.82, 2.24) is 10.2 Å². The van der Waals surface area contributed by atoms with Gasteiger partial charge >= 0.3 is 0 Å². The lowest BCUT2D eigenvalue weighted by Gasteiger charge is -2.23. The molecule has 0 aromatic rings. The fourth-order valence-corrected chi connectivity index (χ4v) is 2.50. The molecule has 1 atom stereocenters. The number of rotatable bonds is 11. The predicted molar refractivity (Wildman–Crippen MR) is 82.0 cm³/mol. The molecule has 0 aliphatic rings. The van der Waals surface area contributed by atoms with Crippen molar-refractivity contribution in [2.75, 3.05) is 38.7 Å². The average molecular weight is 260 g/mol. The van der Waals surface area contributed by atoms with Crippen LogP contribution in [0, 0.1) is 5.92 Å². The van der Waals surface area contributed by atoms with E-state index in [9.17, 15) is 0 Å². The molecule has 17 heavy (non-hydrogen) atoms. The van der Waals surface area contributed by atoms with Crippen LogP contribution in [0.1, 0.15) is 40.0 Å². The van der Waals surface area contributed by atoms with Gasteiger partial charge in [0.05, 0.1) is 0 Å². The molecule has 1 unspecified atom stereocenters. The van der Waals surface area contributed by atoms with Crippen molar-refractivity contribution < 1.29 is 0 Å². The molecule has 0 fully saturated rings. The zero-order chi connectivity index (χ0) is 13.1. The van der Waals surface area contributed by atoms with Gasteiger partial charge in [0.25, 0.3) is 0 Å². The summed E-state index contributed by atoms with van der Waals surface area (Å²) in [4.78, 5) is 2.48. The maximum Gasteiger partial charge on any atom is 0.0154 e. The zero-order valence-electron chi connectivity index (χ0n) is 12.5. The van der Waals surface area contributed by atoms with Crippen molar-refractivity contribution in [3.05, 3.63) is 0 Å². The van der Waals surface area contributed by atoms with Gasteiger partial charge in [0.15, 0.2) is 0 Å². The van der Waals surface area contributed by atoms with E-state index in [1.165, 1.54) is 38.1 Å². The van der Waals surface area contributed by atoms with E-state index >= 15 is 0 Å². The molecule has 0 saturated heterocycles. The number of unbranched alkanes of at least 4 members (excludes halogenated alkanes) is 2. The lowest BCUT2D eigenvalue weighted by molar-refractivity contribution is 0.271. The van der Waals surface area contributed by atoms with Crippen LogP contribution in [0.4, 0.5) is 0 Å². The van der Waals surface area contributed by atoms with E-state index in [-0.39, 0.29) is 0 Å². The van der Waals surface area contributed by atoms with Crippen molar-refractivity contribution in [1.29, 1.82) is 0 Å². The van der Waals surface area contributed by atoms with Gasteiger partial charge in [-0.2, -0.15) is 11.8 Å². The second kappa shape index (κ2) is 11.4. The van der Waals surface area contributed by atoms with Crippen LogP contribution in [-0.4, -0.2) is 49.6 Å². The first kappa shape index (κ1) is 17.3. The molecule has 1 N–H and O–H groups in total. The van der Waals surface area contributed by atoms with Gasteiger partial charge in [0, 0.05) is 11.8 Å². The van der Waals surface area contributed by atoms with E-state index in [1.54, 1.807) is 0 Å². The summed E-state index contributed by atoms with van der Waals surface area (Å²) in [5, 5.41) is 3.50. The molecule has 0 saturated carbocycles. The molecular formula is C14H32N2S. The topological polar surface area (TPSA) is 15.3 Å². The molecule has 0 aromatic heterocycles. The van der Waals surface area contributed by atoms with Crippen molar-refractivity contribution in [3.8, 4) is 0 Å². The number of nitrogens with zero attached hydrogens (tertiary/aromatic N) is 1. The molecule has 0 aromatic carbocycles. The Morgan fingerprint density at radius 1 is 1.12 bits per heavy atom. The smallest absolute Gasteiger partial charge is 0.0154 e. The van der Waals surface area contributed by atoms with Gasteiger partial charge < -0.3 is 10.2 Å². The Morgan fingerprint density at radius 3 is 2.41 bits per heavy atom. The lowest BCUT2D eigenvalue weighted by Crippen LogP contribution is -2.31. The first-order valence-corrected chi connectivity index (χ1v) is 8.37. The monoisotopic (exact) mass is 260 g/mol. The van der Waals surface area contributed by atoms with E-state index in [2.05, 4.69) is 44.3 Å². The Kier molecular flexibility index (Phi) is 11.5. The molecule has 0 rings (SSSR count). The van der Waals surface area contributed by atoms with Crippen LogP contribution in [0.25, 0.3) is 0 Å². The summed E-state index contributed by atoms with van der Waals surface area (Å²) in [6.07, 6.45) is 6.18. The van der Waals surface area contributed by atoms with E-state index in [0.717, 1.165) is 12.5 Å². The maximum atomic E-state index is 3.50. The van der Waals surface area contributed by atoms with Gasteiger partial charge in [-0.25, -0.2) is 0 Å². The highest BCUT2D eigenvalue weighted by molar-refractivity contribution is 7.98. The molecule has 0 aliphatic heterocycles. The fourth-order valence-electron chi connectivity index (χ4n) is 1.77. The summed E-state index contributed by atoms with van der Waals surface area (Å²) in [7, 11) is 2.25. The second-order valence-corrected chi connectivity index (χ2v) is 6.35. The molecule has 0 radical (unpaired) electrons. The highest BCUT2D eigenvalue weighted by atomic mass is 32.2. The highest BCUT2D eigenvalue weighted by Crippen LogP contribution is 2.05. The van der Waals surface area contributed by atoms with Crippen LogP contribution in [0.3, 0.4) is 0 Å². The number of thioether (sulfide) groups is 1. The van der Waals surface area contributed by atoms with Crippen LogP contribution in [0.2, 0.25) is 0 Å². The van der Waals surface area contributed by atoms with Gasteiger partial charge in [0.2, 0.25) is 0 Å². The standard InChI is InChI=1S/C14H32N2S/c1-13(2)11-15-9-7-6-8-10-16(4)14(3)12-17-5/h13-15H,6-12H2,1-5H3. The van der Waals surface area contributed by atoms with Crippen LogP contribution in [0.5, 0.6) is 0 Å². The summed E-state index contributed by atoms with van der Waals surface area (Å²) in [6.45, 7) is 10.4. The van der Waals surface area contributed by atoms with Crippen LogP contribution in [-0.2, 0) is 0 Å². The van der Waals surface area contributed by atoms with Gasteiger partial charge in [-0.05, 0) is 58.6 Å². The molecule has 2 nitrogen and oxygen atoms in total. The van der Waals surface area contributed by atoms with Crippen LogP contribution in [0.15, 0.2) is 0 Å². The first-order valence-electron chi connectivity index (χ1n) is 6.97. The van der Waals surface area contributed by atoms with Gasteiger partial charge in [-0.15, -0.1) is 0 Å². The van der Waals surface area contributed by atoms with E-state index in [1.807, 2.05) is 11.8 Å². The molecule has 0 heterocycles. The summed E-state index contributed by atoms with van der Waals surface area (Å²) in [6, 6.07) is 0.712. The Balaban J connectivity index is 3.27. The Bertz CT molecular complexity index is 162. The summed E-state index contributed by atoms with van der Waals surface area (Å²) < 4.78 is 0. The van der Waals surface area contributed by atoms with Crippen molar-refractivity contribution in [2.24, 2.45) is 5.92 Å². The molecule has 0 aliphatic carbocycles. The summed E-state index contributed by atoms with van der Waals surface area (Å²) >= 11 is 1.94. The molecule has 0 spiro atoms. The fraction of sp³-hybridized carbons (Fsp3) is 1.00. The molecule has 3 heteroatoms. The predicted octanol–water partition coefficient (Wildman–Crippen LogP) is 3.09. The third-order valence-electron chi connectivity index (χ3n) is 3.08. The van der Waals surface area contributed by atoms with E-state index in [4.69, 9.17) is 0 Å². The van der Waals surface area contributed by atoms with Crippen molar-refractivity contribution >= 4 is 11.8 Å². The van der Waals surface area contributed by atoms with Crippen molar-refractivity contribution in [3.63, 3.8) is 0 Å². The quantitative estimate of drug-likeness (QED) is 0.575. The maximum absolute atomic E-state index is 3.50. The van der Waals surface area contributed by atoms with Gasteiger partial charge in [0.1, 0.15) is 0 Å². The molecule has 0 bridgehead atoms. The Labute approximate surface area is 113 Å². The third-order valence-corrected chi connectivity index (χ3v) is 3.89. The van der Waals surface area contributed by atoms with Crippen LogP contribution < -0.4 is 5.32 Å². The number of hydrogen-bond acceptors (Lipinski definition) is 3. The summed E-state index contributed by atoms with van der Waals surface area (Å²) in [5.74, 6) is 2.01. The van der Waals surface area contributed by atoms with Gasteiger partial charge in [-0.3, -0.25) is 0 Å². The first-order chi connectivity index (χ1) is 8.07. The van der Waals surface area contributed by atoms with Crippen LogP contribution >= 0.6 is 11.8 Å². The lowest BCUT2D eigenvalue weighted by atomic mass is 10.2. The third kappa shape index (κ3) is 11.1. The molecule has 0 amide bonds. The van der Waals surface area contributed by atoms with Crippen molar-refractivity contribution in [2.45, 2.75) is 46.1 Å².